The summed E-state index contributed by atoms with van der Waals surface area (Å²) in [5.74, 6) is -0.586. The van der Waals surface area contributed by atoms with Crippen molar-refractivity contribution in [2.75, 3.05) is 40.9 Å². The SMILES string of the molecule is CC/C=C\C/C=C\C/C=C\C/C=C\C/C=C\CCCCCCCC(=O)OC(/C=C\CCCCCCCCCCC)C(COP(=O)([O-])OCC[N+](C)(C)C)NC(=O)CCCCC/C=C\CCCCCCCC. The van der Waals surface area contributed by atoms with E-state index in [9.17, 15) is 19.0 Å². The molecule has 71 heavy (non-hydrogen) atoms. The Bertz CT molecular complexity index is 1490. The van der Waals surface area contributed by atoms with E-state index in [1.807, 2.05) is 33.3 Å². The Labute approximate surface area is 437 Å². The second-order valence-electron chi connectivity index (χ2n) is 20.4. The van der Waals surface area contributed by atoms with Gasteiger partial charge in [0, 0.05) is 12.8 Å². The summed E-state index contributed by atoms with van der Waals surface area (Å²) in [6.07, 6.45) is 65.5. The predicted molar refractivity (Wildman–Crippen MR) is 302 cm³/mol. The average Bonchev–Trinajstić information content (AvgIpc) is 3.33. The van der Waals surface area contributed by atoms with Gasteiger partial charge in [-0.25, -0.2) is 0 Å². The number of unbranched alkanes of at least 4 members (excludes halogenated alkanes) is 23. The molecule has 0 bridgehead atoms. The summed E-state index contributed by atoms with van der Waals surface area (Å²) >= 11 is 0. The van der Waals surface area contributed by atoms with E-state index >= 15 is 0 Å². The van der Waals surface area contributed by atoms with E-state index in [1.165, 1.54) is 83.5 Å². The number of phosphoric ester groups is 1. The van der Waals surface area contributed by atoms with Gasteiger partial charge in [-0.1, -0.05) is 209 Å². The molecule has 3 atom stereocenters. The van der Waals surface area contributed by atoms with Crippen LogP contribution < -0.4 is 10.2 Å². The zero-order valence-electron chi connectivity index (χ0n) is 46.7. The van der Waals surface area contributed by atoms with Crippen LogP contribution in [0.3, 0.4) is 0 Å². The number of nitrogens with zero attached hydrogens (tertiary/aromatic N) is 1. The maximum Gasteiger partial charge on any atom is 0.306 e. The number of phosphoric acid groups is 1. The minimum atomic E-state index is -4.70. The largest absolute Gasteiger partial charge is 0.756 e. The molecule has 0 aliphatic heterocycles. The molecule has 0 aromatic heterocycles. The van der Waals surface area contributed by atoms with Crippen molar-refractivity contribution in [3.8, 4) is 0 Å². The van der Waals surface area contributed by atoms with E-state index in [4.69, 9.17) is 13.8 Å². The fourth-order valence-corrected chi connectivity index (χ4v) is 8.56. The van der Waals surface area contributed by atoms with Crippen LogP contribution in [-0.2, 0) is 27.9 Å². The van der Waals surface area contributed by atoms with Gasteiger partial charge in [0.1, 0.15) is 19.3 Å². The highest BCUT2D eigenvalue weighted by molar-refractivity contribution is 7.45. The number of hydrogen-bond donors (Lipinski definition) is 1. The Morgan fingerprint density at radius 2 is 0.901 bits per heavy atom. The van der Waals surface area contributed by atoms with E-state index in [-0.39, 0.29) is 31.3 Å². The lowest BCUT2D eigenvalue weighted by molar-refractivity contribution is -0.870. The Balaban J connectivity index is 5.33. The van der Waals surface area contributed by atoms with Crippen molar-refractivity contribution in [2.24, 2.45) is 0 Å². The molecule has 9 nitrogen and oxygen atoms in total. The van der Waals surface area contributed by atoms with Crippen LogP contribution in [0.4, 0.5) is 0 Å². The molecule has 0 aromatic carbocycles. The van der Waals surface area contributed by atoms with Crippen LogP contribution in [0, 0.1) is 0 Å². The number of carbonyl (C=O) groups excluding carboxylic acids is 2. The fraction of sp³-hybridized carbons (Fsp3) is 0.738. The first-order chi connectivity index (χ1) is 34.4. The number of allylic oxidation sites excluding steroid dienone is 13. The Hall–Kier alpha value is -2.81. The van der Waals surface area contributed by atoms with Crippen molar-refractivity contribution >= 4 is 19.7 Å². The smallest absolute Gasteiger partial charge is 0.306 e. The van der Waals surface area contributed by atoms with Gasteiger partial charge in [0.15, 0.2) is 0 Å². The highest BCUT2D eigenvalue weighted by atomic mass is 31.2. The molecule has 0 saturated carbocycles. The van der Waals surface area contributed by atoms with Gasteiger partial charge in [0.25, 0.3) is 7.82 Å². The number of carbonyl (C=O) groups is 2. The number of quaternary nitrogens is 1. The summed E-state index contributed by atoms with van der Waals surface area (Å²) in [6, 6.07) is -0.907. The molecular weight excluding hydrogens is 904 g/mol. The molecule has 0 aliphatic carbocycles. The minimum Gasteiger partial charge on any atom is -0.756 e. The molecule has 410 valence electrons. The van der Waals surface area contributed by atoms with Crippen molar-refractivity contribution < 1.29 is 37.3 Å². The summed E-state index contributed by atoms with van der Waals surface area (Å²) in [5.41, 5.74) is 0. The van der Waals surface area contributed by atoms with E-state index in [1.54, 1.807) is 0 Å². The molecule has 10 heteroatoms. The highest BCUT2D eigenvalue weighted by Crippen LogP contribution is 2.38. The number of amides is 1. The van der Waals surface area contributed by atoms with Crippen LogP contribution >= 0.6 is 7.82 Å². The molecule has 0 heterocycles. The van der Waals surface area contributed by atoms with Gasteiger partial charge in [0.05, 0.1) is 33.8 Å². The van der Waals surface area contributed by atoms with Crippen molar-refractivity contribution in [1.82, 2.24) is 5.32 Å². The number of rotatable bonds is 51. The Morgan fingerprint density at radius 3 is 1.38 bits per heavy atom. The van der Waals surface area contributed by atoms with E-state index < -0.39 is 26.6 Å². The first-order valence-corrected chi connectivity index (χ1v) is 30.4. The van der Waals surface area contributed by atoms with Gasteiger partial charge < -0.3 is 28.5 Å². The third-order valence-electron chi connectivity index (χ3n) is 12.3. The topological polar surface area (TPSA) is 114 Å². The quantitative estimate of drug-likeness (QED) is 0.0212. The lowest BCUT2D eigenvalue weighted by atomic mass is 10.1. The van der Waals surface area contributed by atoms with Crippen molar-refractivity contribution in [1.29, 1.82) is 0 Å². The number of esters is 1. The Morgan fingerprint density at radius 1 is 0.507 bits per heavy atom. The third kappa shape index (κ3) is 51.9. The maximum atomic E-state index is 13.4. The van der Waals surface area contributed by atoms with Gasteiger partial charge in [-0.15, -0.1) is 0 Å². The van der Waals surface area contributed by atoms with Gasteiger partial charge in [-0.05, 0) is 102 Å². The summed E-state index contributed by atoms with van der Waals surface area (Å²) in [6.45, 7) is 6.67. The predicted octanol–water partition coefficient (Wildman–Crippen LogP) is 16.8. The Kier molecular flexibility index (Phi) is 48.7. The van der Waals surface area contributed by atoms with Gasteiger partial charge in [-0.3, -0.25) is 14.2 Å². The van der Waals surface area contributed by atoms with Crippen LogP contribution in [0.2, 0.25) is 0 Å². The lowest BCUT2D eigenvalue weighted by Gasteiger charge is -2.30. The molecule has 0 aromatic rings. The molecule has 0 radical (unpaired) electrons. The summed E-state index contributed by atoms with van der Waals surface area (Å²) in [7, 11) is 1.15. The number of hydrogen-bond acceptors (Lipinski definition) is 7. The minimum absolute atomic E-state index is 0.0318. The highest BCUT2D eigenvalue weighted by Gasteiger charge is 2.27. The molecule has 0 rings (SSSR count). The van der Waals surface area contributed by atoms with Crippen molar-refractivity contribution in [2.45, 2.75) is 251 Å². The van der Waals surface area contributed by atoms with Gasteiger partial charge in [0.2, 0.25) is 5.91 Å². The number of likely N-dealkylation sites (N-methyl/N-ethyl adjacent to an activating group) is 1. The van der Waals surface area contributed by atoms with E-state index in [2.05, 4.69) is 99.0 Å². The van der Waals surface area contributed by atoms with Crippen LogP contribution in [0.25, 0.3) is 0 Å². The monoisotopic (exact) mass is 1010 g/mol. The molecular formula is C61H109N2O7P. The second kappa shape index (κ2) is 50.7. The number of ether oxygens (including phenoxy) is 1. The van der Waals surface area contributed by atoms with Crippen LogP contribution in [0.1, 0.15) is 239 Å². The molecule has 0 saturated heterocycles. The first-order valence-electron chi connectivity index (χ1n) is 28.9. The van der Waals surface area contributed by atoms with E-state index in [0.29, 0.717) is 23.9 Å². The molecule has 3 unspecified atom stereocenters. The van der Waals surface area contributed by atoms with Crippen molar-refractivity contribution in [3.63, 3.8) is 0 Å². The maximum absolute atomic E-state index is 13.4. The average molecular weight is 1010 g/mol. The molecule has 0 aliphatic rings. The lowest BCUT2D eigenvalue weighted by Crippen LogP contribution is -2.47. The standard InChI is InChI=1S/C61H109N2O7P/c1-7-10-13-16-19-22-25-27-28-29-30-31-32-33-34-36-39-42-45-48-51-54-61(65)70-59(52-49-46-43-40-37-24-21-18-15-12-9-3)58(57-69-71(66,67)68-56-55-63(4,5)6)62-60(64)53-50-47-44-41-38-35-26-23-20-17-14-11-8-2/h10,13,19,22,27-28,30-31,33-35,38,49,52,58-59H,7-9,11-12,14-18,20-21,23-26,29,32,36-37,39-48,50-51,53-57H2,1-6H3,(H-,62,64,66,67)/b13-10-,22-19-,28-27-,31-30-,34-33-,38-35-,52-49-. The van der Waals surface area contributed by atoms with Gasteiger partial charge in [-0.2, -0.15) is 0 Å². The van der Waals surface area contributed by atoms with E-state index in [0.717, 1.165) is 109 Å². The first kappa shape index (κ1) is 68.2. The molecule has 1 amide bonds. The summed E-state index contributed by atoms with van der Waals surface area (Å²) in [5, 5.41) is 3.00. The van der Waals surface area contributed by atoms with Crippen molar-refractivity contribution in [3.05, 3.63) is 85.1 Å². The molecule has 1 N–H and O–H groups in total. The zero-order chi connectivity index (χ0) is 52.2. The van der Waals surface area contributed by atoms with Crippen LogP contribution in [0.15, 0.2) is 85.1 Å². The zero-order valence-corrected chi connectivity index (χ0v) is 47.5. The normalized spacial score (nSPS) is 14.4. The second-order valence-corrected chi connectivity index (χ2v) is 21.8. The third-order valence-corrected chi connectivity index (χ3v) is 13.3. The molecule has 0 spiro atoms. The van der Waals surface area contributed by atoms with Gasteiger partial charge >= 0.3 is 5.97 Å². The molecule has 0 fully saturated rings. The van der Waals surface area contributed by atoms with Crippen LogP contribution in [-0.4, -0.2) is 69.4 Å². The summed E-state index contributed by atoms with van der Waals surface area (Å²) < 4.78 is 30.2. The van der Waals surface area contributed by atoms with Crippen LogP contribution in [0.5, 0.6) is 0 Å². The fourth-order valence-electron chi connectivity index (χ4n) is 7.84. The summed E-state index contributed by atoms with van der Waals surface area (Å²) in [4.78, 5) is 39.8. The number of nitrogens with one attached hydrogen (secondary N) is 1.